The van der Waals surface area contributed by atoms with E-state index in [1.165, 1.54) is 0 Å². The average molecular weight is 423 g/mol. The van der Waals surface area contributed by atoms with Gasteiger partial charge in [-0.05, 0) is 75.5 Å². The van der Waals surface area contributed by atoms with Crippen LogP contribution in [0.25, 0.3) is 0 Å². The van der Waals surface area contributed by atoms with Crippen molar-refractivity contribution in [2.75, 3.05) is 6.61 Å². The maximum absolute atomic E-state index is 6.05. The average Bonchev–Trinajstić information content (AvgIpc) is 2.86. The molecule has 0 radical (unpaired) electrons. The van der Waals surface area contributed by atoms with Gasteiger partial charge < -0.3 is 14.2 Å². The van der Waals surface area contributed by atoms with Gasteiger partial charge in [-0.25, -0.2) is 0 Å². The van der Waals surface area contributed by atoms with Crippen LogP contribution in [0.2, 0.25) is 0 Å². The zero-order chi connectivity index (χ0) is 12.4. The number of alkyl halides is 3. The molecule has 0 N–H and O–H groups in total. The molecule has 0 aromatic rings. The molecule has 2 aliphatic heterocycles. The van der Waals surface area contributed by atoms with Crippen LogP contribution in [0.3, 0.4) is 0 Å². The normalized spacial score (nSPS) is 37.3. The van der Waals surface area contributed by atoms with Crippen molar-refractivity contribution in [2.45, 2.75) is 52.9 Å². The summed E-state index contributed by atoms with van der Waals surface area (Å²) in [5, 5.41) is 0. The molecule has 0 spiro atoms. The van der Waals surface area contributed by atoms with Crippen LogP contribution in [0, 0.1) is 0 Å². The van der Waals surface area contributed by atoms with E-state index in [1.807, 2.05) is 27.7 Å². The summed E-state index contributed by atoms with van der Waals surface area (Å²) >= 11 is 10.7. The Morgan fingerprint density at radius 3 is 2.06 bits per heavy atom. The molecular weight excluding hydrogens is 408 g/mol. The molecule has 6 heteroatoms. The predicted octanol–water partition coefficient (Wildman–Crippen LogP) is 3.52. The molecule has 2 rings (SSSR count). The van der Waals surface area contributed by atoms with Crippen LogP contribution in [-0.4, -0.2) is 31.8 Å². The van der Waals surface area contributed by atoms with E-state index in [9.17, 15) is 0 Å². The highest BCUT2D eigenvalue weighted by molar-refractivity contribution is 9.26. The molecule has 94 valence electrons. The fourth-order valence-electron chi connectivity index (χ4n) is 1.65. The molecule has 0 saturated carbocycles. The third-order valence-electron chi connectivity index (χ3n) is 3.00. The minimum Gasteiger partial charge on any atom is -0.370 e. The lowest BCUT2D eigenvalue weighted by Gasteiger charge is -2.34. The van der Waals surface area contributed by atoms with Crippen molar-refractivity contribution in [3.05, 3.63) is 0 Å². The number of ether oxygens (including phenoxy) is 3. The van der Waals surface area contributed by atoms with Gasteiger partial charge in [0.1, 0.15) is 11.7 Å². The fraction of sp³-hybridized carbons (Fsp3) is 1.00. The molecule has 16 heavy (non-hydrogen) atoms. The minimum atomic E-state index is -0.772. The highest BCUT2D eigenvalue weighted by Gasteiger charge is 2.74. The smallest absolute Gasteiger partial charge is 0.220 e. The number of rotatable bonds is 4. The third-order valence-corrected chi connectivity index (χ3v) is 7.18. The third kappa shape index (κ3) is 2.14. The van der Waals surface area contributed by atoms with E-state index < -0.39 is 7.93 Å². The van der Waals surface area contributed by atoms with Crippen molar-refractivity contribution in [1.29, 1.82) is 0 Å². The quantitative estimate of drug-likeness (QED) is 0.513. The summed E-state index contributed by atoms with van der Waals surface area (Å²) in [6.07, 6.45) is 0.153. The molecule has 2 aliphatic rings. The van der Waals surface area contributed by atoms with Gasteiger partial charge in [0.25, 0.3) is 0 Å². The molecule has 2 heterocycles. The Morgan fingerprint density at radius 1 is 1.31 bits per heavy atom. The van der Waals surface area contributed by atoms with Crippen LogP contribution in [0.5, 0.6) is 0 Å². The number of hydrogen-bond donors (Lipinski definition) is 0. The Morgan fingerprint density at radius 2 is 1.75 bits per heavy atom. The maximum Gasteiger partial charge on any atom is 0.220 e. The van der Waals surface area contributed by atoms with Crippen molar-refractivity contribution < 1.29 is 14.2 Å². The number of epoxide rings is 2. The van der Waals surface area contributed by atoms with Gasteiger partial charge in [0.2, 0.25) is 7.93 Å². The molecule has 3 nitrogen and oxygen atoms in total. The second kappa shape index (κ2) is 3.67. The molecular formula is C10H15Br3O3. The van der Waals surface area contributed by atoms with Crippen LogP contribution in [0.4, 0.5) is 0 Å². The first-order valence-electron chi connectivity index (χ1n) is 5.10. The number of halogens is 3. The van der Waals surface area contributed by atoms with E-state index in [0.717, 1.165) is 6.61 Å². The van der Waals surface area contributed by atoms with Crippen LogP contribution >= 0.6 is 47.8 Å². The van der Waals surface area contributed by atoms with Gasteiger partial charge in [-0.2, -0.15) is 0 Å². The maximum atomic E-state index is 6.05. The van der Waals surface area contributed by atoms with E-state index in [2.05, 4.69) is 47.8 Å². The van der Waals surface area contributed by atoms with Gasteiger partial charge >= 0.3 is 0 Å². The standard InChI is InChI=1S/C10H15Br3O3/c1-7(2,6-5-14-6)15-10(12,13)9(11)8(3,4)16-9/h6H,5H2,1-4H3. The lowest BCUT2D eigenvalue weighted by atomic mass is 10.1. The van der Waals surface area contributed by atoms with Gasteiger partial charge in [-0.15, -0.1) is 0 Å². The van der Waals surface area contributed by atoms with Crippen molar-refractivity contribution in [1.82, 2.24) is 0 Å². The van der Waals surface area contributed by atoms with Gasteiger partial charge in [0.05, 0.1) is 12.2 Å². The fourth-order valence-corrected chi connectivity index (χ4v) is 4.08. The van der Waals surface area contributed by atoms with E-state index in [-0.39, 0.29) is 17.3 Å². The summed E-state index contributed by atoms with van der Waals surface area (Å²) in [7, 11) is 0. The van der Waals surface area contributed by atoms with Crippen molar-refractivity contribution in [3.63, 3.8) is 0 Å². The Hall–Kier alpha value is 1.32. The second-order valence-corrected chi connectivity index (χ2v) is 9.67. The number of hydrogen-bond acceptors (Lipinski definition) is 3. The topological polar surface area (TPSA) is 34.3 Å². The van der Waals surface area contributed by atoms with E-state index in [0.29, 0.717) is 0 Å². The zero-order valence-electron chi connectivity index (χ0n) is 9.64. The lowest BCUT2D eigenvalue weighted by Crippen LogP contribution is -2.45. The molecule has 0 bridgehead atoms. The summed E-state index contributed by atoms with van der Waals surface area (Å²) in [5.74, 6) is 0. The van der Waals surface area contributed by atoms with Gasteiger partial charge in [0, 0.05) is 0 Å². The largest absolute Gasteiger partial charge is 0.370 e. The molecule has 2 fully saturated rings. The Balaban J connectivity index is 2.09. The summed E-state index contributed by atoms with van der Waals surface area (Å²) in [6.45, 7) is 8.77. The van der Waals surface area contributed by atoms with Gasteiger partial charge in [0.15, 0.2) is 0 Å². The van der Waals surface area contributed by atoms with E-state index >= 15 is 0 Å². The molecule has 0 aromatic heterocycles. The van der Waals surface area contributed by atoms with Crippen LogP contribution in [-0.2, 0) is 14.2 Å². The molecule has 0 aliphatic carbocycles. The first-order valence-corrected chi connectivity index (χ1v) is 7.48. The first-order chi connectivity index (χ1) is 7.02. The Bertz CT molecular complexity index is 312. The predicted molar refractivity (Wildman–Crippen MR) is 72.3 cm³/mol. The molecule has 2 atom stereocenters. The SMILES string of the molecule is CC(C)(OC(Br)(Br)C1(Br)OC1(C)C)C1CO1. The monoisotopic (exact) mass is 420 g/mol. The Labute approximate surface area is 121 Å². The summed E-state index contributed by atoms with van der Waals surface area (Å²) in [5.41, 5.74) is -0.643. The Kier molecular flexibility index (Phi) is 3.15. The van der Waals surface area contributed by atoms with Crippen LogP contribution in [0.15, 0.2) is 0 Å². The van der Waals surface area contributed by atoms with Crippen molar-refractivity contribution in [2.24, 2.45) is 0 Å². The van der Waals surface area contributed by atoms with Gasteiger partial charge in [-0.1, -0.05) is 0 Å². The summed E-state index contributed by atoms with van der Waals surface area (Å²) < 4.78 is 15.6. The highest BCUT2D eigenvalue weighted by Crippen LogP contribution is 2.65. The van der Waals surface area contributed by atoms with E-state index in [1.54, 1.807) is 0 Å². The van der Waals surface area contributed by atoms with Crippen molar-refractivity contribution in [3.8, 4) is 0 Å². The van der Waals surface area contributed by atoms with E-state index in [4.69, 9.17) is 14.2 Å². The molecule has 2 saturated heterocycles. The minimum absolute atomic E-state index is 0.153. The molecule has 0 aromatic carbocycles. The zero-order valence-corrected chi connectivity index (χ0v) is 14.4. The lowest BCUT2D eigenvalue weighted by molar-refractivity contribution is -0.0705. The molecule has 2 unspecified atom stereocenters. The van der Waals surface area contributed by atoms with Crippen LogP contribution < -0.4 is 0 Å². The second-order valence-electron chi connectivity index (χ2n) is 5.25. The van der Waals surface area contributed by atoms with Crippen molar-refractivity contribution >= 4 is 47.8 Å². The highest BCUT2D eigenvalue weighted by atomic mass is 79.9. The summed E-state index contributed by atoms with van der Waals surface area (Å²) in [4.78, 5) is 0. The first kappa shape index (κ1) is 13.7. The van der Waals surface area contributed by atoms with Gasteiger partial charge in [-0.3, -0.25) is 0 Å². The molecule has 0 amide bonds. The summed E-state index contributed by atoms with van der Waals surface area (Å²) in [6, 6.07) is 0. The van der Waals surface area contributed by atoms with Crippen LogP contribution in [0.1, 0.15) is 27.7 Å².